The van der Waals surface area contributed by atoms with Gasteiger partial charge in [-0.3, -0.25) is 4.68 Å². The Morgan fingerprint density at radius 3 is 2.67 bits per heavy atom. The number of fused-ring (bicyclic) bond motifs is 3. The Morgan fingerprint density at radius 2 is 1.92 bits per heavy atom. The quantitative estimate of drug-likeness (QED) is 0.581. The summed E-state index contributed by atoms with van der Waals surface area (Å²) in [6, 6.07) is 14.0. The Labute approximate surface area is 147 Å². The summed E-state index contributed by atoms with van der Waals surface area (Å²) in [5.74, 6) is 1.29. The highest BCUT2D eigenvalue weighted by Crippen LogP contribution is 2.29. The first-order valence-electron chi connectivity index (χ1n) is 7.49. The van der Waals surface area contributed by atoms with Gasteiger partial charge in [0.1, 0.15) is 11.3 Å². The molecule has 2 heterocycles. The molecule has 24 heavy (non-hydrogen) atoms. The van der Waals surface area contributed by atoms with Crippen molar-refractivity contribution >= 4 is 43.6 Å². The van der Waals surface area contributed by atoms with Gasteiger partial charge in [0.2, 0.25) is 0 Å². The maximum absolute atomic E-state index is 6.10. The van der Waals surface area contributed by atoms with Gasteiger partial charge >= 0.3 is 0 Å². The second kappa shape index (κ2) is 5.79. The van der Waals surface area contributed by atoms with Crippen molar-refractivity contribution in [2.45, 2.75) is 6.54 Å². The van der Waals surface area contributed by atoms with E-state index in [0.717, 1.165) is 37.6 Å². The molecule has 2 aromatic carbocycles. The van der Waals surface area contributed by atoms with Gasteiger partial charge in [0, 0.05) is 21.4 Å². The van der Waals surface area contributed by atoms with Crippen LogP contribution in [0.2, 0.25) is 0 Å². The van der Waals surface area contributed by atoms with Crippen molar-refractivity contribution in [1.29, 1.82) is 0 Å². The average molecular weight is 383 g/mol. The maximum Gasteiger partial charge on any atom is 0.152 e. The van der Waals surface area contributed by atoms with Crippen molar-refractivity contribution in [2.75, 3.05) is 12.8 Å². The fourth-order valence-electron chi connectivity index (χ4n) is 2.81. The summed E-state index contributed by atoms with van der Waals surface area (Å²) in [7, 11) is 1.66. The van der Waals surface area contributed by atoms with Crippen LogP contribution >= 0.6 is 15.9 Å². The van der Waals surface area contributed by atoms with Gasteiger partial charge in [-0.1, -0.05) is 34.1 Å². The van der Waals surface area contributed by atoms with E-state index >= 15 is 0 Å². The molecule has 4 rings (SSSR count). The van der Waals surface area contributed by atoms with Crippen LogP contribution < -0.4 is 10.5 Å². The first kappa shape index (κ1) is 15.0. The van der Waals surface area contributed by atoms with Crippen LogP contribution in [-0.4, -0.2) is 21.9 Å². The number of hydrogen-bond acceptors (Lipinski definition) is 4. The lowest BCUT2D eigenvalue weighted by Gasteiger charge is -2.03. The summed E-state index contributed by atoms with van der Waals surface area (Å²) in [5, 5.41) is 6.67. The molecule has 0 amide bonds. The number of nitrogen functional groups attached to an aromatic ring is 1. The number of benzene rings is 2. The van der Waals surface area contributed by atoms with Gasteiger partial charge in [-0.15, -0.1) is 0 Å². The van der Waals surface area contributed by atoms with Crippen LogP contribution in [0.3, 0.4) is 0 Å². The highest BCUT2D eigenvalue weighted by Gasteiger charge is 2.11. The van der Waals surface area contributed by atoms with Gasteiger partial charge < -0.3 is 10.5 Å². The predicted octanol–water partition coefficient (Wildman–Crippen LogP) is 3.99. The zero-order chi connectivity index (χ0) is 16.7. The number of rotatable bonds is 3. The van der Waals surface area contributed by atoms with E-state index in [9.17, 15) is 0 Å². The number of pyridine rings is 1. The fourth-order valence-corrected chi connectivity index (χ4v) is 3.16. The van der Waals surface area contributed by atoms with Gasteiger partial charge in [-0.25, -0.2) is 4.98 Å². The molecule has 0 bridgehead atoms. The Kier molecular flexibility index (Phi) is 3.61. The normalized spacial score (nSPS) is 11.2. The van der Waals surface area contributed by atoms with Crippen LogP contribution in [0.25, 0.3) is 21.8 Å². The summed E-state index contributed by atoms with van der Waals surface area (Å²) in [6.45, 7) is 0.663. The van der Waals surface area contributed by atoms with E-state index in [2.05, 4.69) is 26.0 Å². The monoisotopic (exact) mass is 382 g/mol. The molecule has 0 spiro atoms. The van der Waals surface area contributed by atoms with Crippen molar-refractivity contribution in [3.63, 3.8) is 0 Å². The minimum absolute atomic E-state index is 0.448. The molecule has 5 nitrogen and oxygen atoms in total. The number of nitrogens with zero attached hydrogens (tertiary/aromatic N) is 3. The van der Waals surface area contributed by atoms with Crippen LogP contribution in [0.5, 0.6) is 5.75 Å². The molecule has 0 radical (unpaired) electrons. The number of ether oxygens (including phenoxy) is 1. The Balaban J connectivity index is 1.79. The lowest BCUT2D eigenvalue weighted by atomic mass is 10.1. The second-order valence-corrected chi connectivity index (χ2v) is 6.51. The molecule has 0 aliphatic heterocycles. The average Bonchev–Trinajstić information content (AvgIpc) is 3.00. The lowest BCUT2D eigenvalue weighted by molar-refractivity contribution is 0.414. The molecule has 4 aromatic rings. The molecule has 6 heteroatoms. The summed E-state index contributed by atoms with van der Waals surface area (Å²) in [5.41, 5.74) is 8.83. The third kappa shape index (κ3) is 2.59. The Bertz CT molecular complexity index is 1040. The van der Waals surface area contributed by atoms with E-state index in [-0.39, 0.29) is 0 Å². The highest BCUT2D eigenvalue weighted by molar-refractivity contribution is 9.10. The lowest BCUT2D eigenvalue weighted by Crippen LogP contribution is -2.00. The van der Waals surface area contributed by atoms with Gasteiger partial charge in [-0.05, 0) is 29.8 Å². The van der Waals surface area contributed by atoms with E-state index in [4.69, 9.17) is 10.5 Å². The van der Waals surface area contributed by atoms with Crippen LogP contribution in [-0.2, 0) is 6.54 Å². The topological polar surface area (TPSA) is 66.0 Å². The predicted molar refractivity (Wildman–Crippen MR) is 99.2 cm³/mol. The maximum atomic E-state index is 6.10. The largest absolute Gasteiger partial charge is 0.497 e. The molecule has 2 aromatic heterocycles. The second-order valence-electron chi connectivity index (χ2n) is 5.60. The fraction of sp³-hybridized carbons (Fsp3) is 0.111. The van der Waals surface area contributed by atoms with E-state index in [1.165, 1.54) is 0 Å². The van der Waals surface area contributed by atoms with E-state index < -0.39 is 0 Å². The van der Waals surface area contributed by atoms with Crippen LogP contribution in [0.1, 0.15) is 5.56 Å². The molecule has 0 aliphatic rings. The number of nitrogens with two attached hydrogens (primary N) is 1. The zero-order valence-corrected chi connectivity index (χ0v) is 14.6. The molecule has 120 valence electrons. The molecule has 2 N–H and O–H groups in total. The smallest absolute Gasteiger partial charge is 0.152 e. The van der Waals surface area contributed by atoms with Gasteiger partial charge in [0.25, 0.3) is 0 Å². The van der Waals surface area contributed by atoms with Gasteiger partial charge in [0.05, 0.1) is 19.2 Å². The van der Waals surface area contributed by atoms with Crippen molar-refractivity contribution in [3.8, 4) is 5.75 Å². The van der Waals surface area contributed by atoms with Crippen molar-refractivity contribution in [1.82, 2.24) is 14.8 Å². The van der Waals surface area contributed by atoms with Crippen LogP contribution in [0.15, 0.2) is 53.1 Å². The molecule has 0 saturated heterocycles. The van der Waals surface area contributed by atoms with E-state index in [1.807, 2.05) is 53.3 Å². The molecular weight excluding hydrogens is 368 g/mol. The third-order valence-corrected chi connectivity index (χ3v) is 4.49. The minimum Gasteiger partial charge on any atom is -0.497 e. The minimum atomic E-state index is 0.448. The SMILES string of the molecule is COc1ccc(Cn2cc3c(n2)c(N)nc2cc(Br)ccc23)cc1. The molecule has 0 saturated carbocycles. The Morgan fingerprint density at radius 1 is 1.12 bits per heavy atom. The van der Waals surface area contributed by atoms with Crippen LogP contribution in [0, 0.1) is 0 Å². The summed E-state index contributed by atoms with van der Waals surface area (Å²) in [6.07, 6.45) is 2.02. The molecule has 0 unspecified atom stereocenters. The molecule has 0 aliphatic carbocycles. The zero-order valence-electron chi connectivity index (χ0n) is 13.0. The standard InChI is InChI=1S/C18H15BrN4O/c1-24-13-5-2-11(3-6-13)9-23-10-15-14-7-4-12(19)8-16(14)21-18(20)17(15)22-23/h2-8,10H,9H2,1H3,(H2,20,21). The van der Waals surface area contributed by atoms with E-state index in [0.29, 0.717) is 12.4 Å². The molecular formula is C18H15BrN4O. The van der Waals surface area contributed by atoms with Crippen molar-refractivity contribution < 1.29 is 4.74 Å². The highest BCUT2D eigenvalue weighted by atomic mass is 79.9. The van der Waals surface area contributed by atoms with Gasteiger partial charge in [0.15, 0.2) is 5.82 Å². The number of anilines is 1. The summed E-state index contributed by atoms with van der Waals surface area (Å²) < 4.78 is 8.06. The number of halogens is 1. The number of aromatic nitrogens is 3. The third-order valence-electron chi connectivity index (χ3n) is 4.00. The number of hydrogen-bond donors (Lipinski definition) is 1. The van der Waals surface area contributed by atoms with Crippen LogP contribution in [0.4, 0.5) is 5.82 Å². The van der Waals surface area contributed by atoms with Crippen molar-refractivity contribution in [2.24, 2.45) is 0 Å². The van der Waals surface area contributed by atoms with Crippen molar-refractivity contribution in [3.05, 3.63) is 58.7 Å². The first-order chi connectivity index (χ1) is 11.6. The Hall–Kier alpha value is -2.60. The number of methoxy groups -OCH3 is 1. The first-order valence-corrected chi connectivity index (χ1v) is 8.28. The van der Waals surface area contributed by atoms with Gasteiger partial charge in [-0.2, -0.15) is 5.10 Å². The molecule has 0 atom stereocenters. The molecule has 0 fully saturated rings. The summed E-state index contributed by atoms with van der Waals surface area (Å²) >= 11 is 3.47. The van der Waals surface area contributed by atoms with E-state index in [1.54, 1.807) is 7.11 Å². The summed E-state index contributed by atoms with van der Waals surface area (Å²) in [4.78, 5) is 4.46.